The van der Waals surface area contributed by atoms with Gasteiger partial charge in [-0.05, 0) is 24.5 Å². The third-order valence-corrected chi connectivity index (χ3v) is 6.24. The van der Waals surface area contributed by atoms with Crippen LogP contribution in [0.25, 0.3) is 11.3 Å². The molecule has 0 aliphatic heterocycles. The standard InChI is InChI=1S/C22H16N4O2S2/c1-29-15-9-5-8-14(10-15)25-22-16(12-23)19(24)21(30-22)20(27)18-11-17(26-28-18)13-6-3-2-4-7-13/h2-11,25H,24H2,1H3. The molecule has 30 heavy (non-hydrogen) atoms. The number of thioether (sulfide) groups is 1. The quantitative estimate of drug-likeness (QED) is 0.304. The molecular weight excluding hydrogens is 416 g/mol. The largest absolute Gasteiger partial charge is 0.396 e. The molecule has 2 aromatic heterocycles. The highest BCUT2D eigenvalue weighted by Crippen LogP contribution is 2.39. The van der Waals surface area contributed by atoms with E-state index in [9.17, 15) is 10.1 Å². The summed E-state index contributed by atoms with van der Waals surface area (Å²) in [6.45, 7) is 0. The van der Waals surface area contributed by atoms with E-state index < -0.39 is 5.78 Å². The number of nitrogens with two attached hydrogens (primary N) is 1. The highest BCUT2D eigenvalue weighted by atomic mass is 32.2. The lowest BCUT2D eigenvalue weighted by Crippen LogP contribution is -2.01. The highest BCUT2D eigenvalue weighted by Gasteiger charge is 2.25. The van der Waals surface area contributed by atoms with Crippen molar-refractivity contribution >= 4 is 45.3 Å². The fraction of sp³-hybridized carbons (Fsp3) is 0.0455. The summed E-state index contributed by atoms with van der Waals surface area (Å²) in [5.41, 5.74) is 8.72. The summed E-state index contributed by atoms with van der Waals surface area (Å²) in [6, 6.07) is 20.9. The van der Waals surface area contributed by atoms with Crippen molar-refractivity contribution < 1.29 is 9.32 Å². The first-order chi connectivity index (χ1) is 14.6. The van der Waals surface area contributed by atoms with E-state index in [0.717, 1.165) is 27.5 Å². The lowest BCUT2D eigenvalue weighted by molar-refractivity contribution is 0.100. The Hall–Kier alpha value is -3.54. The second-order valence-electron chi connectivity index (χ2n) is 6.29. The van der Waals surface area contributed by atoms with Crippen LogP contribution in [0.3, 0.4) is 0 Å². The summed E-state index contributed by atoms with van der Waals surface area (Å²) in [4.78, 5) is 14.3. The number of nitriles is 1. The van der Waals surface area contributed by atoms with Crippen LogP contribution in [-0.4, -0.2) is 17.2 Å². The monoisotopic (exact) mass is 432 g/mol. The molecule has 2 aromatic carbocycles. The molecule has 0 unspecified atom stereocenters. The van der Waals surface area contributed by atoms with E-state index in [2.05, 4.69) is 16.5 Å². The number of hydrogen-bond donors (Lipinski definition) is 2. The third kappa shape index (κ3) is 3.81. The Morgan fingerprint density at radius 3 is 2.73 bits per heavy atom. The van der Waals surface area contributed by atoms with E-state index in [0.29, 0.717) is 10.7 Å². The normalized spacial score (nSPS) is 10.5. The first-order valence-electron chi connectivity index (χ1n) is 8.91. The van der Waals surface area contributed by atoms with Gasteiger partial charge in [0.05, 0.1) is 5.69 Å². The summed E-state index contributed by atoms with van der Waals surface area (Å²) in [6.07, 6.45) is 1.99. The number of benzene rings is 2. The number of ketones is 1. The Morgan fingerprint density at radius 1 is 1.20 bits per heavy atom. The Morgan fingerprint density at radius 2 is 2.00 bits per heavy atom. The smallest absolute Gasteiger partial charge is 0.243 e. The second kappa shape index (κ2) is 8.45. The van der Waals surface area contributed by atoms with Crippen LogP contribution < -0.4 is 11.1 Å². The average Bonchev–Trinajstić information content (AvgIpc) is 3.39. The predicted octanol–water partition coefficient (Wildman–Crippen LogP) is 5.55. The van der Waals surface area contributed by atoms with Crippen molar-refractivity contribution in [1.82, 2.24) is 5.16 Å². The van der Waals surface area contributed by atoms with Gasteiger partial charge in [-0.2, -0.15) is 5.26 Å². The summed E-state index contributed by atoms with van der Waals surface area (Å²) < 4.78 is 5.27. The maximum Gasteiger partial charge on any atom is 0.243 e. The van der Waals surface area contributed by atoms with Gasteiger partial charge in [0.2, 0.25) is 11.5 Å². The van der Waals surface area contributed by atoms with Gasteiger partial charge < -0.3 is 15.6 Å². The fourth-order valence-electron chi connectivity index (χ4n) is 2.88. The molecule has 0 saturated carbocycles. The lowest BCUT2D eigenvalue weighted by atomic mass is 10.1. The van der Waals surface area contributed by atoms with Gasteiger partial charge in [-0.25, -0.2) is 0 Å². The minimum atomic E-state index is -0.408. The Labute approximate surface area is 181 Å². The summed E-state index contributed by atoms with van der Waals surface area (Å²) >= 11 is 2.74. The SMILES string of the molecule is CSc1cccc(Nc2sc(C(=O)c3cc(-c4ccccc4)no3)c(N)c2C#N)c1. The molecule has 8 heteroatoms. The van der Waals surface area contributed by atoms with Crippen molar-refractivity contribution in [2.24, 2.45) is 0 Å². The molecular formula is C22H16N4O2S2. The van der Waals surface area contributed by atoms with E-state index >= 15 is 0 Å². The number of thiophene rings is 1. The number of nitrogens with zero attached hydrogens (tertiary/aromatic N) is 2. The predicted molar refractivity (Wildman–Crippen MR) is 120 cm³/mol. The van der Waals surface area contributed by atoms with Gasteiger partial charge in [-0.15, -0.1) is 23.1 Å². The zero-order chi connectivity index (χ0) is 21.1. The summed E-state index contributed by atoms with van der Waals surface area (Å²) in [7, 11) is 0. The highest BCUT2D eigenvalue weighted by molar-refractivity contribution is 7.98. The van der Waals surface area contributed by atoms with Gasteiger partial charge in [-0.3, -0.25) is 4.79 Å². The molecule has 0 amide bonds. The molecule has 0 aliphatic rings. The number of anilines is 3. The fourth-order valence-corrected chi connectivity index (χ4v) is 4.38. The molecule has 148 valence electrons. The van der Waals surface area contributed by atoms with E-state index in [1.807, 2.05) is 60.9 Å². The molecule has 4 rings (SSSR count). The Bertz CT molecular complexity index is 1260. The molecule has 3 N–H and O–H groups in total. The number of hydrogen-bond acceptors (Lipinski definition) is 8. The van der Waals surface area contributed by atoms with Crippen LogP contribution in [0, 0.1) is 11.3 Å². The van der Waals surface area contributed by atoms with Crippen molar-refractivity contribution in [3.63, 3.8) is 0 Å². The Balaban J connectivity index is 1.66. The molecule has 0 atom stereocenters. The minimum Gasteiger partial charge on any atom is -0.396 e. The maximum atomic E-state index is 13.0. The molecule has 0 radical (unpaired) electrons. The zero-order valence-corrected chi connectivity index (χ0v) is 17.5. The van der Waals surface area contributed by atoms with E-state index in [4.69, 9.17) is 10.3 Å². The van der Waals surface area contributed by atoms with E-state index in [1.54, 1.807) is 17.8 Å². The third-order valence-electron chi connectivity index (χ3n) is 4.39. The number of rotatable bonds is 6. The zero-order valence-electron chi connectivity index (χ0n) is 15.9. The molecule has 2 heterocycles. The molecule has 0 spiro atoms. The van der Waals surface area contributed by atoms with Crippen LogP contribution in [0.2, 0.25) is 0 Å². The van der Waals surface area contributed by atoms with Gasteiger partial charge in [-0.1, -0.05) is 41.6 Å². The average molecular weight is 433 g/mol. The Kier molecular flexibility index (Phi) is 5.57. The molecule has 0 bridgehead atoms. The van der Waals surface area contributed by atoms with Crippen LogP contribution in [-0.2, 0) is 0 Å². The van der Waals surface area contributed by atoms with Crippen molar-refractivity contribution in [1.29, 1.82) is 5.26 Å². The summed E-state index contributed by atoms with van der Waals surface area (Å²) in [5, 5.41) is 17.3. The molecule has 6 nitrogen and oxygen atoms in total. The topological polar surface area (TPSA) is 105 Å². The van der Waals surface area contributed by atoms with Crippen molar-refractivity contribution in [3.8, 4) is 17.3 Å². The van der Waals surface area contributed by atoms with Gasteiger partial charge in [0.1, 0.15) is 27.2 Å². The molecule has 4 aromatic rings. The van der Waals surface area contributed by atoms with E-state index in [1.165, 1.54) is 0 Å². The van der Waals surface area contributed by atoms with Crippen LogP contribution in [0.15, 0.2) is 70.1 Å². The van der Waals surface area contributed by atoms with Gasteiger partial charge in [0.25, 0.3) is 0 Å². The number of carbonyl (C=O) groups is 1. The number of carbonyl (C=O) groups excluding carboxylic acids is 1. The van der Waals surface area contributed by atoms with Gasteiger partial charge >= 0.3 is 0 Å². The van der Waals surface area contributed by atoms with Gasteiger partial charge in [0, 0.05) is 22.2 Å². The van der Waals surface area contributed by atoms with Crippen molar-refractivity contribution in [2.45, 2.75) is 4.90 Å². The molecule has 0 saturated heterocycles. The van der Waals surface area contributed by atoms with Crippen molar-refractivity contribution in [3.05, 3.63) is 76.9 Å². The van der Waals surface area contributed by atoms with Crippen LogP contribution in [0.5, 0.6) is 0 Å². The lowest BCUT2D eigenvalue weighted by Gasteiger charge is -2.05. The van der Waals surface area contributed by atoms with Crippen LogP contribution in [0.1, 0.15) is 21.0 Å². The van der Waals surface area contributed by atoms with Gasteiger partial charge in [0.15, 0.2) is 0 Å². The number of aromatic nitrogens is 1. The van der Waals surface area contributed by atoms with Crippen molar-refractivity contribution in [2.75, 3.05) is 17.3 Å². The maximum absolute atomic E-state index is 13.0. The van der Waals surface area contributed by atoms with Crippen LogP contribution >= 0.6 is 23.1 Å². The molecule has 0 aliphatic carbocycles. The number of nitrogens with one attached hydrogen (secondary N) is 1. The summed E-state index contributed by atoms with van der Waals surface area (Å²) in [5.74, 6) is -0.336. The first kappa shape index (κ1) is 19.8. The first-order valence-corrected chi connectivity index (χ1v) is 10.9. The molecule has 0 fully saturated rings. The van der Waals surface area contributed by atoms with Crippen LogP contribution in [0.4, 0.5) is 16.4 Å². The number of nitrogen functional groups attached to an aromatic ring is 1. The minimum absolute atomic E-state index is 0.0715. The van der Waals surface area contributed by atoms with E-state index in [-0.39, 0.29) is 21.9 Å². The second-order valence-corrected chi connectivity index (χ2v) is 8.19.